The molecular weight excluding hydrogens is 669 g/mol. The van der Waals surface area contributed by atoms with E-state index in [1.165, 1.54) is 71.2 Å². The maximum absolute atomic E-state index is 6.51. The highest BCUT2D eigenvalue weighted by Gasteiger charge is 2.19. The van der Waals surface area contributed by atoms with E-state index in [4.69, 9.17) is 4.42 Å². The number of fused-ring (bicyclic) bond motifs is 10. The molecule has 0 saturated carbocycles. The van der Waals surface area contributed by atoms with Crippen LogP contribution < -0.4 is 0 Å². The molecule has 3 aromatic heterocycles. The van der Waals surface area contributed by atoms with Crippen LogP contribution in [-0.4, -0.2) is 9.13 Å². The highest BCUT2D eigenvalue weighted by Crippen LogP contribution is 2.43. The Labute approximate surface area is 316 Å². The van der Waals surface area contributed by atoms with Crippen LogP contribution in [0.15, 0.2) is 199 Å². The average molecular weight is 701 g/mol. The van der Waals surface area contributed by atoms with Crippen molar-refractivity contribution in [2.24, 2.45) is 0 Å². The van der Waals surface area contributed by atoms with E-state index in [0.717, 1.165) is 38.8 Å². The molecule has 3 heterocycles. The van der Waals surface area contributed by atoms with Gasteiger partial charge in [-0.15, -0.1) is 0 Å². The van der Waals surface area contributed by atoms with Crippen molar-refractivity contribution in [3.63, 3.8) is 0 Å². The molecule has 12 aromatic rings. The van der Waals surface area contributed by atoms with Gasteiger partial charge in [0.05, 0.1) is 27.8 Å². The smallest absolute Gasteiger partial charge is 0.143 e. The molecule has 3 heteroatoms. The van der Waals surface area contributed by atoms with Crippen molar-refractivity contribution in [1.82, 2.24) is 9.13 Å². The van der Waals surface area contributed by atoms with Crippen LogP contribution in [0, 0.1) is 0 Å². The van der Waals surface area contributed by atoms with Gasteiger partial charge in [-0.1, -0.05) is 133 Å². The van der Waals surface area contributed by atoms with Crippen LogP contribution in [0.4, 0.5) is 0 Å². The van der Waals surface area contributed by atoms with Gasteiger partial charge in [0.1, 0.15) is 11.2 Å². The molecule has 0 aliphatic carbocycles. The maximum Gasteiger partial charge on any atom is 0.143 e. The van der Waals surface area contributed by atoms with Crippen LogP contribution in [0.5, 0.6) is 0 Å². The van der Waals surface area contributed by atoms with Gasteiger partial charge in [-0.05, 0) is 82.7 Å². The molecule has 0 bridgehead atoms. The summed E-state index contributed by atoms with van der Waals surface area (Å²) in [5.74, 6) is 0. The van der Waals surface area contributed by atoms with Gasteiger partial charge in [0.15, 0.2) is 0 Å². The van der Waals surface area contributed by atoms with Crippen LogP contribution in [-0.2, 0) is 0 Å². The fourth-order valence-corrected chi connectivity index (χ4v) is 9.09. The molecule has 55 heavy (non-hydrogen) atoms. The van der Waals surface area contributed by atoms with Crippen molar-refractivity contribution >= 4 is 76.3 Å². The van der Waals surface area contributed by atoms with Crippen LogP contribution in [0.1, 0.15) is 0 Å². The Kier molecular flexibility index (Phi) is 6.34. The summed E-state index contributed by atoms with van der Waals surface area (Å²) in [6, 6.07) is 70.2. The zero-order valence-corrected chi connectivity index (χ0v) is 29.8. The second-order valence-corrected chi connectivity index (χ2v) is 14.5. The van der Waals surface area contributed by atoms with Crippen molar-refractivity contribution in [2.45, 2.75) is 0 Å². The first-order valence-corrected chi connectivity index (χ1v) is 18.9. The minimum absolute atomic E-state index is 0.911. The van der Waals surface area contributed by atoms with Crippen molar-refractivity contribution in [2.75, 3.05) is 0 Å². The second-order valence-electron chi connectivity index (χ2n) is 14.5. The molecule has 0 aliphatic heterocycles. The Morgan fingerprint density at radius 1 is 0.309 bits per heavy atom. The van der Waals surface area contributed by atoms with Gasteiger partial charge >= 0.3 is 0 Å². The minimum atomic E-state index is 0.911. The average Bonchev–Trinajstić information content (AvgIpc) is 3.91. The molecule has 0 saturated heterocycles. The van der Waals surface area contributed by atoms with E-state index >= 15 is 0 Å². The molecule has 256 valence electrons. The molecule has 9 aromatic carbocycles. The normalized spacial score (nSPS) is 12.0. The van der Waals surface area contributed by atoms with Crippen LogP contribution in [0.3, 0.4) is 0 Å². The maximum atomic E-state index is 6.51. The number of hydrogen-bond acceptors (Lipinski definition) is 1. The number of nitrogens with zero attached hydrogens (tertiary/aromatic N) is 2. The first-order valence-electron chi connectivity index (χ1n) is 18.9. The number of hydrogen-bond donors (Lipinski definition) is 0. The molecule has 0 radical (unpaired) electrons. The van der Waals surface area contributed by atoms with Crippen molar-refractivity contribution < 1.29 is 4.42 Å². The zero-order valence-electron chi connectivity index (χ0n) is 29.8. The summed E-state index contributed by atoms with van der Waals surface area (Å²) >= 11 is 0. The van der Waals surface area contributed by atoms with E-state index in [9.17, 15) is 0 Å². The standard InChI is InChI=1S/C52H32N2O/c1-2-13-35(14-3-1)53-46-22-9-6-17-39(46)44-31-33(25-28-49(44)53)34-26-29-50-45(32-34)40-18-7-10-23-47(40)54(50)48-30-27-37(36-15-4-5-16-38(36)48)42-20-12-21-43-41-19-8-11-24-51(41)55-52(42)43/h1-32H. The van der Waals surface area contributed by atoms with Gasteiger partial charge < -0.3 is 13.6 Å². The molecule has 0 N–H and O–H groups in total. The first kappa shape index (κ1) is 30.1. The van der Waals surface area contributed by atoms with Crippen LogP contribution in [0.25, 0.3) is 110 Å². The molecule has 0 amide bonds. The Bertz CT molecular complexity index is 3490. The lowest BCUT2D eigenvalue weighted by atomic mass is 9.95. The monoisotopic (exact) mass is 700 g/mol. The number of aromatic nitrogens is 2. The van der Waals surface area contributed by atoms with Gasteiger partial charge in [0.25, 0.3) is 0 Å². The molecule has 3 nitrogen and oxygen atoms in total. The van der Waals surface area contributed by atoms with E-state index in [0.29, 0.717) is 0 Å². The lowest BCUT2D eigenvalue weighted by Gasteiger charge is -2.15. The van der Waals surface area contributed by atoms with Gasteiger partial charge in [0, 0.05) is 49.0 Å². The van der Waals surface area contributed by atoms with E-state index in [1.54, 1.807) is 0 Å². The van der Waals surface area contributed by atoms with Crippen LogP contribution in [0.2, 0.25) is 0 Å². The van der Waals surface area contributed by atoms with E-state index < -0.39 is 0 Å². The van der Waals surface area contributed by atoms with Crippen molar-refractivity contribution in [1.29, 1.82) is 0 Å². The summed E-state index contributed by atoms with van der Waals surface area (Å²) in [6.07, 6.45) is 0. The largest absolute Gasteiger partial charge is 0.455 e. The molecule has 0 fully saturated rings. The van der Waals surface area contributed by atoms with Gasteiger partial charge in [-0.3, -0.25) is 0 Å². The zero-order chi connectivity index (χ0) is 36.0. The topological polar surface area (TPSA) is 23.0 Å². The summed E-state index contributed by atoms with van der Waals surface area (Å²) < 4.78 is 11.3. The summed E-state index contributed by atoms with van der Waals surface area (Å²) in [6.45, 7) is 0. The second kappa shape index (κ2) is 11.6. The van der Waals surface area contributed by atoms with E-state index in [-0.39, 0.29) is 0 Å². The van der Waals surface area contributed by atoms with Crippen molar-refractivity contribution in [3.8, 4) is 33.6 Å². The Hall–Kier alpha value is -7.36. The molecule has 12 rings (SSSR count). The predicted octanol–water partition coefficient (Wildman–Crippen LogP) is 14.3. The third-order valence-corrected chi connectivity index (χ3v) is 11.5. The lowest BCUT2D eigenvalue weighted by molar-refractivity contribution is 0.670. The number of furan rings is 1. The fourth-order valence-electron chi connectivity index (χ4n) is 9.09. The van der Waals surface area contributed by atoms with Gasteiger partial charge in [-0.2, -0.15) is 0 Å². The lowest BCUT2D eigenvalue weighted by Crippen LogP contribution is -1.96. The highest BCUT2D eigenvalue weighted by molar-refractivity contribution is 6.16. The Balaban J connectivity index is 1.04. The summed E-state index contributed by atoms with van der Waals surface area (Å²) in [5, 5.41) is 9.65. The van der Waals surface area contributed by atoms with Crippen molar-refractivity contribution in [3.05, 3.63) is 194 Å². The SMILES string of the molecule is c1ccc(-n2c3ccccc3c3cc(-c4ccc5c(c4)c4ccccc4n5-c4ccc(-c5cccc6c5oc5ccccc56)c5ccccc45)ccc32)cc1. The molecule has 0 aliphatic rings. The summed E-state index contributed by atoms with van der Waals surface area (Å²) in [7, 11) is 0. The third kappa shape index (κ3) is 4.38. The van der Waals surface area contributed by atoms with E-state index in [2.05, 4.69) is 197 Å². The molecule has 0 atom stereocenters. The molecule has 0 spiro atoms. The van der Waals surface area contributed by atoms with Crippen LogP contribution >= 0.6 is 0 Å². The minimum Gasteiger partial charge on any atom is -0.455 e. The summed E-state index contributed by atoms with van der Waals surface area (Å²) in [4.78, 5) is 0. The predicted molar refractivity (Wildman–Crippen MR) is 231 cm³/mol. The Morgan fingerprint density at radius 2 is 0.855 bits per heavy atom. The Morgan fingerprint density at radius 3 is 1.58 bits per heavy atom. The first-order chi connectivity index (χ1) is 27.3. The number of para-hydroxylation sites is 5. The molecular formula is C52H32N2O. The highest BCUT2D eigenvalue weighted by atomic mass is 16.3. The summed E-state index contributed by atoms with van der Waals surface area (Å²) in [5.41, 5.74) is 13.6. The molecule has 0 unspecified atom stereocenters. The fraction of sp³-hybridized carbons (Fsp3) is 0. The van der Waals surface area contributed by atoms with Gasteiger partial charge in [0.2, 0.25) is 0 Å². The number of benzene rings is 9. The quantitative estimate of drug-likeness (QED) is 0.179. The van der Waals surface area contributed by atoms with E-state index in [1.807, 2.05) is 6.07 Å². The van der Waals surface area contributed by atoms with Gasteiger partial charge in [-0.25, -0.2) is 0 Å². The third-order valence-electron chi connectivity index (χ3n) is 11.5. The number of rotatable bonds is 4.